The molecule has 0 radical (unpaired) electrons. The molecule has 1 heterocycles. The van der Waals surface area contributed by atoms with Gasteiger partial charge < -0.3 is 20.4 Å². The summed E-state index contributed by atoms with van der Waals surface area (Å²) in [5.41, 5.74) is -1.49. The van der Waals surface area contributed by atoms with Crippen LogP contribution in [0.5, 0.6) is 0 Å². The number of nitrogens with zero attached hydrogens (tertiary/aromatic N) is 1. The summed E-state index contributed by atoms with van der Waals surface area (Å²) in [4.78, 5) is 36.2. The van der Waals surface area contributed by atoms with Gasteiger partial charge in [0.25, 0.3) is 0 Å². The van der Waals surface area contributed by atoms with Crippen molar-refractivity contribution in [3.05, 3.63) is 0 Å². The zero-order valence-electron chi connectivity index (χ0n) is 12.2. The van der Waals surface area contributed by atoms with E-state index in [1.807, 2.05) is 0 Å². The van der Waals surface area contributed by atoms with Crippen LogP contribution < -0.4 is 5.32 Å². The number of amides is 2. The molecule has 2 amide bonds. The quantitative estimate of drug-likeness (QED) is 0.592. The van der Waals surface area contributed by atoms with E-state index in [9.17, 15) is 19.5 Å². The van der Waals surface area contributed by atoms with Crippen LogP contribution in [-0.4, -0.2) is 58.1 Å². The number of rotatable bonds is 7. The number of carbonyl (C=O) groups is 3. The SMILES string of the molecule is CC(O)(CNC(=O)C1CC(=O)N(CC2CC2)C1)CC(=O)O. The van der Waals surface area contributed by atoms with Crippen LogP contribution >= 0.6 is 0 Å². The topological polar surface area (TPSA) is 107 Å². The molecule has 0 spiro atoms. The van der Waals surface area contributed by atoms with Gasteiger partial charge >= 0.3 is 5.97 Å². The number of aliphatic hydroxyl groups is 1. The molecule has 118 valence electrons. The Kier molecular flexibility index (Phi) is 4.51. The van der Waals surface area contributed by atoms with Crippen LogP contribution in [0.1, 0.15) is 32.6 Å². The fourth-order valence-corrected chi connectivity index (χ4v) is 2.55. The van der Waals surface area contributed by atoms with Crippen molar-refractivity contribution in [3.63, 3.8) is 0 Å². The maximum Gasteiger partial charge on any atom is 0.306 e. The summed E-state index contributed by atoms with van der Waals surface area (Å²) < 4.78 is 0. The highest BCUT2D eigenvalue weighted by molar-refractivity contribution is 5.89. The number of carbonyl (C=O) groups excluding carboxylic acids is 2. The van der Waals surface area contributed by atoms with E-state index >= 15 is 0 Å². The Hall–Kier alpha value is -1.63. The van der Waals surface area contributed by atoms with Crippen molar-refractivity contribution in [1.29, 1.82) is 0 Å². The van der Waals surface area contributed by atoms with Crippen LogP contribution in [0.3, 0.4) is 0 Å². The molecule has 0 aromatic rings. The monoisotopic (exact) mass is 298 g/mol. The van der Waals surface area contributed by atoms with Crippen molar-refractivity contribution in [2.45, 2.75) is 38.2 Å². The molecule has 2 fully saturated rings. The van der Waals surface area contributed by atoms with Gasteiger partial charge in [-0.2, -0.15) is 0 Å². The first kappa shape index (κ1) is 15.8. The highest BCUT2D eigenvalue weighted by Gasteiger charge is 2.37. The van der Waals surface area contributed by atoms with Crippen LogP contribution in [0.25, 0.3) is 0 Å². The highest BCUT2D eigenvalue weighted by atomic mass is 16.4. The van der Waals surface area contributed by atoms with E-state index in [0.717, 1.165) is 19.4 Å². The van der Waals surface area contributed by atoms with E-state index in [4.69, 9.17) is 5.11 Å². The van der Waals surface area contributed by atoms with Gasteiger partial charge in [-0.1, -0.05) is 0 Å². The number of likely N-dealkylation sites (tertiary alicyclic amines) is 1. The molecular formula is C14H22N2O5. The fourth-order valence-electron chi connectivity index (χ4n) is 2.55. The van der Waals surface area contributed by atoms with Gasteiger partial charge in [0.1, 0.15) is 0 Å². The van der Waals surface area contributed by atoms with Gasteiger partial charge in [-0.3, -0.25) is 14.4 Å². The van der Waals surface area contributed by atoms with Crippen LogP contribution in [-0.2, 0) is 14.4 Å². The third kappa shape index (κ3) is 4.70. The molecular weight excluding hydrogens is 276 g/mol. The van der Waals surface area contributed by atoms with Crippen LogP contribution in [0.4, 0.5) is 0 Å². The van der Waals surface area contributed by atoms with Crippen molar-refractivity contribution in [2.75, 3.05) is 19.6 Å². The molecule has 2 unspecified atom stereocenters. The van der Waals surface area contributed by atoms with Gasteiger partial charge in [0.05, 0.1) is 17.9 Å². The molecule has 21 heavy (non-hydrogen) atoms. The zero-order valence-corrected chi connectivity index (χ0v) is 12.2. The summed E-state index contributed by atoms with van der Waals surface area (Å²) in [5.74, 6) is -1.24. The number of nitrogens with one attached hydrogen (secondary N) is 1. The van der Waals surface area contributed by atoms with Crippen molar-refractivity contribution < 1.29 is 24.6 Å². The largest absolute Gasteiger partial charge is 0.481 e. The molecule has 1 aliphatic carbocycles. The van der Waals surface area contributed by atoms with E-state index in [0.29, 0.717) is 12.5 Å². The second-order valence-electron chi connectivity index (χ2n) is 6.43. The first-order chi connectivity index (χ1) is 9.77. The average molecular weight is 298 g/mol. The number of carboxylic acid groups (broad SMARTS) is 1. The molecule has 1 saturated carbocycles. The van der Waals surface area contributed by atoms with Crippen LogP contribution in [0, 0.1) is 11.8 Å². The standard InChI is InChI=1S/C14H22N2O5/c1-14(21,5-12(18)19)8-15-13(20)10-4-11(17)16(7-10)6-9-2-3-9/h9-10,21H,2-8H2,1H3,(H,15,20)(H,18,19). The summed E-state index contributed by atoms with van der Waals surface area (Å²) in [6.07, 6.45) is 2.06. The Bertz CT molecular complexity index is 445. The molecule has 0 bridgehead atoms. The minimum Gasteiger partial charge on any atom is -0.481 e. The van der Waals surface area contributed by atoms with Crippen molar-refractivity contribution in [1.82, 2.24) is 10.2 Å². The van der Waals surface area contributed by atoms with Gasteiger partial charge in [-0.05, 0) is 25.7 Å². The number of hydrogen-bond acceptors (Lipinski definition) is 4. The zero-order chi connectivity index (χ0) is 15.6. The lowest BCUT2D eigenvalue weighted by Gasteiger charge is -2.22. The molecule has 2 atom stereocenters. The molecule has 1 aliphatic heterocycles. The number of aliphatic carboxylic acids is 1. The smallest absolute Gasteiger partial charge is 0.306 e. The predicted octanol–water partition coefficient (Wildman–Crippen LogP) is -0.413. The molecule has 0 aromatic carbocycles. The van der Waals surface area contributed by atoms with Gasteiger partial charge in [0, 0.05) is 26.1 Å². The molecule has 0 aromatic heterocycles. The van der Waals surface area contributed by atoms with E-state index in [1.54, 1.807) is 4.90 Å². The molecule has 2 rings (SSSR count). The molecule has 7 nitrogen and oxygen atoms in total. The highest BCUT2D eigenvalue weighted by Crippen LogP contribution is 2.32. The maximum absolute atomic E-state index is 12.0. The summed E-state index contributed by atoms with van der Waals surface area (Å²) >= 11 is 0. The normalized spacial score (nSPS) is 24.8. The summed E-state index contributed by atoms with van der Waals surface area (Å²) in [6.45, 7) is 2.38. The Morgan fingerprint density at radius 2 is 2.10 bits per heavy atom. The second-order valence-corrected chi connectivity index (χ2v) is 6.43. The first-order valence-corrected chi connectivity index (χ1v) is 7.26. The molecule has 1 saturated heterocycles. The van der Waals surface area contributed by atoms with Crippen LogP contribution in [0.15, 0.2) is 0 Å². The number of carboxylic acids is 1. The van der Waals surface area contributed by atoms with Crippen molar-refractivity contribution in [3.8, 4) is 0 Å². The molecule has 2 aliphatic rings. The van der Waals surface area contributed by atoms with Crippen molar-refractivity contribution >= 4 is 17.8 Å². The third-order valence-corrected chi connectivity index (χ3v) is 3.94. The summed E-state index contributed by atoms with van der Waals surface area (Å²) in [7, 11) is 0. The molecule has 3 N–H and O–H groups in total. The maximum atomic E-state index is 12.0. The number of hydrogen-bond donors (Lipinski definition) is 3. The lowest BCUT2D eigenvalue weighted by Crippen LogP contribution is -2.44. The van der Waals surface area contributed by atoms with Gasteiger partial charge in [0.2, 0.25) is 11.8 Å². The lowest BCUT2D eigenvalue weighted by atomic mass is 10.0. The minimum absolute atomic E-state index is 0.000605. The Balaban J connectivity index is 1.78. The third-order valence-electron chi connectivity index (χ3n) is 3.94. The lowest BCUT2D eigenvalue weighted by molar-refractivity contribution is -0.142. The van der Waals surface area contributed by atoms with E-state index in [-0.39, 0.29) is 24.8 Å². The van der Waals surface area contributed by atoms with Gasteiger partial charge in [-0.15, -0.1) is 0 Å². The summed E-state index contributed by atoms with van der Waals surface area (Å²) in [6, 6.07) is 0. The molecule has 7 heteroatoms. The average Bonchev–Trinajstić information content (AvgIpc) is 3.09. The summed E-state index contributed by atoms with van der Waals surface area (Å²) in [5, 5.41) is 21.0. The fraction of sp³-hybridized carbons (Fsp3) is 0.786. The van der Waals surface area contributed by atoms with Gasteiger partial charge in [0.15, 0.2) is 0 Å². The Morgan fingerprint density at radius 3 is 2.67 bits per heavy atom. The Morgan fingerprint density at radius 1 is 1.43 bits per heavy atom. The second kappa shape index (κ2) is 6.01. The minimum atomic E-state index is -1.49. The van der Waals surface area contributed by atoms with Crippen LogP contribution in [0.2, 0.25) is 0 Å². The Labute approximate surface area is 123 Å². The van der Waals surface area contributed by atoms with E-state index in [1.165, 1.54) is 6.92 Å². The first-order valence-electron chi connectivity index (χ1n) is 7.26. The van der Waals surface area contributed by atoms with E-state index < -0.39 is 23.9 Å². The van der Waals surface area contributed by atoms with Crippen molar-refractivity contribution in [2.24, 2.45) is 11.8 Å². The van der Waals surface area contributed by atoms with E-state index in [2.05, 4.69) is 5.32 Å². The van der Waals surface area contributed by atoms with Gasteiger partial charge in [-0.25, -0.2) is 0 Å². The predicted molar refractivity (Wildman–Crippen MR) is 73.3 cm³/mol.